The Bertz CT molecular complexity index is 878. The van der Waals surface area contributed by atoms with E-state index in [-0.39, 0.29) is 17.3 Å². The Morgan fingerprint density at radius 3 is 2.74 bits per heavy atom. The van der Waals surface area contributed by atoms with Crippen LogP contribution in [0.25, 0.3) is 16.9 Å². The first kappa shape index (κ1) is 15.2. The summed E-state index contributed by atoms with van der Waals surface area (Å²) in [4.78, 5) is 20.6. The van der Waals surface area contributed by atoms with Crippen LogP contribution in [0.3, 0.4) is 0 Å². The summed E-state index contributed by atoms with van der Waals surface area (Å²) < 4.78 is 1.68. The van der Waals surface area contributed by atoms with Crippen LogP contribution in [0.1, 0.15) is 29.9 Å². The third-order valence-corrected chi connectivity index (χ3v) is 4.20. The molecular formula is C16H19N5O2. The van der Waals surface area contributed by atoms with E-state index in [2.05, 4.69) is 9.97 Å². The molecule has 0 aromatic carbocycles. The van der Waals surface area contributed by atoms with Crippen molar-refractivity contribution in [2.24, 2.45) is 11.7 Å². The number of aliphatic hydroxyl groups is 1. The number of carbonyl (C=O) groups excluding carboxylic acids is 1. The Hall–Kier alpha value is -2.67. The molecule has 2 atom stereocenters. The first-order valence-electron chi connectivity index (χ1n) is 7.33. The van der Waals surface area contributed by atoms with Gasteiger partial charge in [0.1, 0.15) is 16.9 Å². The lowest BCUT2D eigenvalue weighted by Gasteiger charge is -2.27. The van der Waals surface area contributed by atoms with Crippen LogP contribution in [0, 0.1) is 12.8 Å². The van der Waals surface area contributed by atoms with Crippen molar-refractivity contribution in [3.8, 4) is 0 Å². The summed E-state index contributed by atoms with van der Waals surface area (Å²) in [7, 11) is 0. The fraction of sp³-hybridized carbons (Fsp3) is 0.312. The number of primary amides is 1. The number of hydrogen-bond donors (Lipinski definition) is 3. The average Bonchev–Trinajstić information content (AvgIpc) is 2.75. The normalized spacial score (nSPS) is 21.2. The summed E-state index contributed by atoms with van der Waals surface area (Å²) in [5.74, 6) is -0.660. The number of nitrogen functional groups attached to an aromatic ring is 1. The van der Waals surface area contributed by atoms with Gasteiger partial charge in [-0.1, -0.05) is 19.1 Å². The van der Waals surface area contributed by atoms with Gasteiger partial charge >= 0.3 is 0 Å². The van der Waals surface area contributed by atoms with Crippen LogP contribution in [0.5, 0.6) is 0 Å². The van der Waals surface area contributed by atoms with Gasteiger partial charge in [0.05, 0.1) is 18.0 Å². The molecule has 0 aliphatic heterocycles. The molecule has 0 unspecified atom stereocenters. The number of aromatic nitrogens is 3. The summed E-state index contributed by atoms with van der Waals surface area (Å²) >= 11 is 0. The van der Waals surface area contributed by atoms with E-state index in [1.807, 2.05) is 19.9 Å². The number of hydrogen-bond acceptors (Lipinski definition) is 5. The van der Waals surface area contributed by atoms with Crippen molar-refractivity contribution in [3.63, 3.8) is 0 Å². The van der Waals surface area contributed by atoms with Gasteiger partial charge in [0.15, 0.2) is 5.65 Å². The molecule has 2 aromatic heterocycles. The first-order valence-corrected chi connectivity index (χ1v) is 7.33. The predicted octanol–water partition coefficient (Wildman–Crippen LogP) is 1.22. The molecule has 5 N–H and O–H groups in total. The molecule has 7 heteroatoms. The highest BCUT2D eigenvalue weighted by molar-refractivity contribution is 6.10. The lowest BCUT2D eigenvalue weighted by molar-refractivity contribution is 0.100. The number of fused-ring (bicyclic) bond motifs is 1. The fourth-order valence-corrected chi connectivity index (χ4v) is 3.03. The third-order valence-electron chi connectivity index (χ3n) is 4.20. The maximum Gasteiger partial charge on any atom is 0.254 e. The molecule has 2 heterocycles. The smallest absolute Gasteiger partial charge is 0.254 e. The van der Waals surface area contributed by atoms with Crippen molar-refractivity contribution < 1.29 is 9.90 Å². The first-order chi connectivity index (χ1) is 10.8. The van der Waals surface area contributed by atoms with Crippen LogP contribution >= 0.6 is 0 Å². The number of aliphatic hydroxyl groups excluding tert-OH is 1. The lowest BCUT2D eigenvalue weighted by atomic mass is 9.91. The molecule has 0 saturated heterocycles. The fourth-order valence-electron chi connectivity index (χ4n) is 3.03. The van der Waals surface area contributed by atoms with Crippen LogP contribution < -0.4 is 11.5 Å². The minimum Gasteiger partial charge on any atom is -0.388 e. The SMILES string of the molecule is CC1=C(n2c(N)c(C(N)=O)c3nc(C)cnc32)[C@H](C)[C@H](O)C=C1. The second kappa shape index (κ2) is 5.20. The number of carbonyl (C=O) groups is 1. The third kappa shape index (κ3) is 2.20. The number of anilines is 1. The molecule has 1 amide bonds. The molecule has 1 aliphatic rings. The van der Waals surface area contributed by atoms with E-state index in [0.29, 0.717) is 16.9 Å². The van der Waals surface area contributed by atoms with Gasteiger partial charge in [0.2, 0.25) is 0 Å². The molecule has 0 spiro atoms. The zero-order valence-corrected chi connectivity index (χ0v) is 13.2. The van der Waals surface area contributed by atoms with Crippen molar-refractivity contribution in [2.45, 2.75) is 26.9 Å². The van der Waals surface area contributed by atoms with Crippen molar-refractivity contribution in [1.82, 2.24) is 14.5 Å². The molecule has 1 aliphatic carbocycles. The Kier molecular flexibility index (Phi) is 3.45. The van der Waals surface area contributed by atoms with E-state index in [9.17, 15) is 9.90 Å². The molecule has 0 saturated carbocycles. The zero-order valence-electron chi connectivity index (χ0n) is 13.2. The van der Waals surface area contributed by atoms with Crippen LogP contribution in [0.4, 0.5) is 5.82 Å². The number of allylic oxidation sites excluding steroid dienone is 2. The van der Waals surface area contributed by atoms with E-state index >= 15 is 0 Å². The molecule has 3 rings (SSSR count). The van der Waals surface area contributed by atoms with E-state index in [1.165, 1.54) is 0 Å². The Labute approximate surface area is 133 Å². The van der Waals surface area contributed by atoms with Gasteiger partial charge in [0.25, 0.3) is 5.91 Å². The van der Waals surface area contributed by atoms with Gasteiger partial charge in [-0.25, -0.2) is 9.97 Å². The van der Waals surface area contributed by atoms with Crippen molar-refractivity contribution in [3.05, 3.63) is 35.2 Å². The summed E-state index contributed by atoms with van der Waals surface area (Å²) in [5.41, 5.74) is 15.1. The van der Waals surface area contributed by atoms with Crippen molar-refractivity contribution in [1.29, 1.82) is 0 Å². The second-order valence-corrected chi connectivity index (χ2v) is 5.85. The van der Waals surface area contributed by atoms with Gasteiger partial charge in [-0.3, -0.25) is 9.36 Å². The quantitative estimate of drug-likeness (QED) is 0.770. The number of rotatable bonds is 2. The van der Waals surface area contributed by atoms with Gasteiger partial charge < -0.3 is 16.6 Å². The standard InChI is InChI=1S/C16H19N5O2/c1-7-4-5-10(22)9(3)13(7)21-14(17)11(15(18)23)12-16(21)19-6-8(2)20-12/h4-6,9-10,22H,17H2,1-3H3,(H2,18,23)/t9-,10-/m1/s1. The van der Waals surface area contributed by atoms with Crippen LogP contribution in [-0.2, 0) is 0 Å². The molecular weight excluding hydrogens is 294 g/mol. The maximum absolute atomic E-state index is 11.9. The number of nitrogens with zero attached hydrogens (tertiary/aromatic N) is 3. The van der Waals surface area contributed by atoms with Gasteiger partial charge in [-0.05, 0) is 19.4 Å². The van der Waals surface area contributed by atoms with E-state index < -0.39 is 12.0 Å². The highest BCUT2D eigenvalue weighted by Gasteiger charge is 2.29. The van der Waals surface area contributed by atoms with Gasteiger partial charge in [0, 0.05) is 11.6 Å². The monoisotopic (exact) mass is 313 g/mol. The molecule has 0 fully saturated rings. The summed E-state index contributed by atoms with van der Waals surface area (Å²) in [6.45, 7) is 5.60. The van der Waals surface area contributed by atoms with E-state index in [0.717, 1.165) is 11.3 Å². The van der Waals surface area contributed by atoms with Crippen LogP contribution in [0.15, 0.2) is 23.9 Å². The number of aryl methyl sites for hydroxylation is 1. The second-order valence-electron chi connectivity index (χ2n) is 5.85. The largest absolute Gasteiger partial charge is 0.388 e. The minimum absolute atomic E-state index is 0.160. The summed E-state index contributed by atoms with van der Waals surface area (Å²) in [6.07, 6.45) is 4.53. The topological polar surface area (TPSA) is 120 Å². The van der Waals surface area contributed by atoms with E-state index in [4.69, 9.17) is 11.5 Å². The molecule has 23 heavy (non-hydrogen) atoms. The zero-order chi connectivity index (χ0) is 16.9. The average molecular weight is 313 g/mol. The van der Waals surface area contributed by atoms with E-state index in [1.54, 1.807) is 23.8 Å². The predicted molar refractivity (Wildman–Crippen MR) is 88.4 cm³/mol. The minimum atomic E-state index is -0.649. The van der Waals surface area contributed by atoms with Crippen molar-refractivity contribution >= 4 is 28.6 Å². The van der Waals surface area contributed by atoms with Crippen LogP contribution in [0.2, 0.25) is 0 Å². The van der Waals surface area contributed by atoms with Crippen molar-refractivity contribution in [2.75, 3.05) is 5.73 Å². The highest BCUT2D eigenvalue weighted by Crippen LogP contribution is 2.36. The molecule has 0 bridgehead atoms. The summed E-state index contributed by atoms with van der Waals surface area (Å²) in [5, 5.41) is 10.1. The number of nitrogens with two attached hydrogens (primary N) is 2. The Morgan fingerprint density at radius 1 is 1.39 bits per heavy atom. The molecule has 0 radical (unpaired) electrons. The highest BCUT2D eigenvalue weighted by atomic mass is 16.3. The maximum atomic E-state index is 11.9. The summed E-state index contributed by atoms with van der Waals surface area (Å²) in [6, 6.07) is 0. The van der Waals surface area contributed by atoms with Crippen LogP contribution in [-0.4, -0.2) is 31.7 Å². The Balaban J connectivity index is 2.41. The molecule has 120 valence electrons. The van der Waals surface area contributed by atoms with Gasteiger partial charge in [-0.15, -0.1) is 0 Å². The van der Waals surface area contributed by atoms with Gasteiger partial charge in [-0.2, -0.15) is 0 Å². The number of amides is 1. The Morgan fingerprint density at radius 2 is 2.09 bits per heavy atom. The molecule has 2 aromatic rings. The molecule has 7 nitrogen and oxygen atoms in total. The lowest BCUT2D eigenvalue weighted by Crippen LogP contribution is -2.24.